The molecule has 0 saturated carbocycles. The second-order valence-electron chi connectivity index (χ2n) is 2.94. The van der Waals surface area contributed by atoms with Crippen LogP contribution in [0.1, 0.15) is 5.69 Å². The summed E-state index contributed by atoms with van der Waals surface area (Å²) in [6, 6.07) is 1.75. The van der Waals surface area contributed by atoms with Gasteiger partial charge >= 0.3 is 0 Å². The minimum Gasteiger partial charge on any atom is -0.383 e. The molecule has 0 aromatic carbocycles. The molecule has 0 aliphatic heterocycles. The predicted octanol–water partition coefficient (Wildman–Crippen LogP) is -0.473. The van der Waals surface area contributed by atoms with Crippen LogP contribution in [0.4, 0.5) is 0 Å². The topological polar surface area (TPSA) is 76.4 Å². The molecule has 0 aliphatic carbocycles. The fourth-order valence-electron chi connectivity index (χ4n) is 0.988. The fourth-order valence-corrected chi connectivity index (χ4v) is 0.988. The van der Waals surface area contributed by atoms with E-state index < -0.39 is 0 Å². The average molecular weight is 213 g/mol. The second-order valence-corrected chi connectivity index (χ2v) is 2.94. The number of amides is 1. The molecule has 1 aromatic heterocycles. The van der Waals surface area contributed by atoms with E-state index in [2.05, 4.69) is 20.3 Å². The molecule has 2 N–H and O–H groups in total. The average Bonchev–Trinajstić information content (AvgIpc) is 2.71. The smallest absolute Gasteiger partial charge is 0.234 e. The van der Waals surface area contributed by atoms with E-state index >= 15 is 0 Å². The van der Waals surface area contributed by atoms with Crippen molar-refractivity contribution in [3.05, 3.63) is 18.0 Å². The van der Waals surface area contributed by atoms with E-state index in [9.17, 15) is 4.79 Å². The second kappa shape index (κ2) is 6.97. The highest BCUT2D eigenvalue weighted by atomic mass is 16.5. The zero-order valence-electron chi connectivity index (χ0n) is 8.66. The predicted molar refractivity (Wildman–Crippen MR) is 53.1 cm³/mol. The Kier molecular flexibility index (Phi) is 5.42. The van der Waals surface area contributed by atoms with Crippen molar-refractivity contribution >= 4 is 5.91 Å². The van der Waals surface area contributed by atoms with Crippen LogP contribution in [0.3, 0.4) is 0 Å². The van der Waals surface area contributed by atoms with Crippen LogP contribution in [0.15, 0.2) is 16.9 Å². The molecule has 84 valence electrons. The van der Waals surface area contributed by atoms with Gasteiger partial charge < -0.3 is 19.9 Å². The summed E-state index contributed by atoms with van der Waals surface area (Å²) in [6.07, 6.45) is 1.50. The van der Waals surface area contributed by atoms with Crippen molar-refractivity contribution in [2.45, 2.75) is 6.54 Å². The van der Waals surface area contributed by atoms with Crippen molar-refractivity contribution in [1.29, 1.82) is 0 Å². The Morgan fingerprint density at radius 3 is 3.20 bits per heavy atom. The van der Waals surface area contributed by atoms with E-state index in [4.69, 9.17) is 4.74 Å². The van der Waals surface area contributed by atoms with Gasteiger partial charge in [-0.1, -0.05) is 5.16 Å². The molecular formula is C9H15N3O3. The third-order valence-corrected chi connectivity index (χ3v) is 1.71. The number of nitrogens with one attached hydrogen (secondary N) is 2. The molecule has 6 nitrogen and oxygen atoms in total. The zero-order chi connectivity index (χ0) is 10.9. The molecule has 0 aliphatic rings. The van der Waals surface area contributed by atoms with Crippen molar-refractivity contribution in [2.75, 3.05) is 26.8 Å². The van der Waals surface area contributed by atoms with Gasteiger partial charge in [0.1, 0.15) is 6.26 Å². The molecule has 1 rings (SSSR count). The number of ether oxygens (including phenoxy) is 1. The van der Waals surface area contributed by atoms with E-state index in [0.29, 0.717) is 19.7 Å². The van der Waals surface area contributed by atoms with E-state index in [-0.39, 0.29) is 12.5 Å². The van der Waals surface area contributed by atoms with Gasteiger partial charge in [0.05, 0.1) is 18.8 Å². The first-order valence-electron chi connectivity index (χ1n) is 4.68. The van der Waals surface area contributed by atoms with Gasteiger partial charge in [0.25, 0.3) is 0 Å². The Morgan fingerprint density at radius 2 is 2.53 bits per heavy atom. The standard InChI is InChI=1S/C9H15N3O3/c1-14-5-3-11-9(13)7-10-6-8-2-4-15-12-8/h2,4,10H,3,5-7H2,1H3,(H,11,13). The number of methoxy groups -OCH3 is 1. The lowest BCUT2D eigenvalue weighted by Gasteiger charge is -2.04. The highest BCUT2D eigenvalue weighted by Crippen LogP contribution is 1.91. The number of hydrogen-bond acceptors (Lipinski definition) is 5. The minimum absolute atomic E-state index is 0.0597. The Morgan fingerprint density at radius 1 is 1.67 bits per heavy atom. The summed E-state index contributed by atoms with van der Waals surface area (Å²) >= 11 is 0. The van der Waals surface area contributed by atoms with E-state index in [1.54, 1.807) is 13.2 Å². The van der Waals surface area contributed by atoms with Crippen molar-refractivity contribution < 1.29 is 14.1 Å². The maximum atomic E-state index is 11.2. The highest BCUT2D eigenvalue weighted by Gasteiger charge is 2.00. The third-order valence-electron chi connectivity index (χ3n) is 1.71. The molecule has 1 amide bonds. The van der Waals surface area contributed by atoms with Gasteiger partial charge in [-0.15, -0.1) is 0 Å². The summed E-state index contributed by atoms with van der Waals surface area (Å²) in [5, 5.41) is 9.33. The minimum atomic E-state index is -0.0597. The van der Waals surface area contributed by atoms with Gasteiger partial charge in [-0.2, -0.15) is 0 Å². The lowest BCUT2D eigenvalue weighted by molar-refractivity contribution is -0.120. The number of nitrogens with zero attached hydrogens (tertiary/aromatic N) is 1. The van der Waals surface area contributed by atoms with Crippen LogP contribution < -0.4 is 10.6 Å². The van der Waals surface area contributed by atoms with Gasteiger partial charge in [0.2, 0.25) is 5.91 Å². The van der Waals surface area contributed by atoms with E-state index in [0.717, 1.165) is 5.69 Å². The number of carbonyl (C=O) groups excluding carboxylic acids is 1. The first-order valence-corrected chi connectivity index (χ1v) is 4.68. The Bertz CT molecular complexity index is 274. The maximum Gasteiger partial charge on any atom is 0.234 e. The Hall–Kier alpha value is -1.40. The molecule has 0 bridgehead atoms. The summed E-state index contributed by atoms with van der Waals surface area (Å²) in [5.74, 6) is -0.0597. The van der Waals surface area contributed by atoms with Gasteiger partial charge in [-0.05, 0) is 0 Å². The molecule has 6 heteroatoms. The molecule has 0 atom stereocenters. The van der Waals surface area contributed by atoms with Gasteiger partial charge in [0.15, 0.2) is 0 Å². The highest BCUT2D eigenvalue weighted by molar-refractivity contribution is 5.77. The summed E-state index contributed by atoms with van der Waals surface area (Å²) < 4.78 is 9.44. The van der Waals surface area contributed by atoms with Crippen LogP contribution in [-0.4, -0.2) is 37.9 Å². The molecule has 0 spiro atoms. The van der Waals surface area contributed by atoms with Crippen molar-refractivity contribution in [3.63, 3.8) is 0 Å². The molecule has 0 fully saturated rings. The molecular weight excluding hydrogens is 198 g/mol. The van der Waals surface area contributed by atoms with Gasteiger partial charge in [0, 0.05) is 26.3 Å². The van der Waals surface area contributed by atoms with E-state index in [1.807, 2.05) is 0 Å². The number of aromatic nitrogens is 1. The molecule has 15 heavy (non-hydrogen) atoms. The lowest BCUT2D eigenvalue weighted by Crippen LogP contribution is -2.35. The third kappa shape index (κ3) is 5.14. The first-order chi connectivity index (χ1) is 7.33. The van der Waals surface area contributed by atoms with Crippen LogP contribution >= 0.6 is 0 Å². The van der Waals surface area contributed by atoms with Crippen molar-refractivity contribution in [1.82, 2.24) is 15.8 Å². The molecule has 0 unspecified atom stereocenters. The maximum absolute atomic E-state index is 11.2. The Balaban J connectivity index is 2.02. The normalized spacial score (nSPS) is 10.2. The quantitative estimate of drug-likeness (QED) is 0.599. The summed E-state index contributed by atoms with van der Waals surface area (Å²) in [4.78, 5) is 11.2. The molecule has 1 aromatic rings. The van der Waals surface area contributed by atoms with Crippen molar-refractivity contribution in [3.8, 4) is 0 Å². The van der Waals surface area contributed by atoms with Gasteiger partial charge in [-0.25, -0.2) is 0 Å². The largest absolute Gasteiger partial charge is 0.383 e. The molecule has 1 heterocycles. The number of hydrogen-bond donors (Lipinski definition) is 2. The van der Waals surface area contributed by atoms with Crippen LogP contribution in [0.5, 0.6) is 0 Å². The summed E-state index contributed by atoms with van der Waals surface area (Å²) in [7, 11) is 1.59. The van der Waals surface area contributed by atoms with Crippen LogP contribution in [-0.2, 0) is 16.1 Å². The summed E-state index contributed by atoms with van der Waals surface area (Å²) in [6.45, 7) is 1.83. The Labute approximate surface area is 88.0 Å². The molecule has 0 radical (unpaired) electrons. The summed E-state index contributed by atoms with van der Waals surface area (Å²) in [5.41, 5.74) is 0.777. The monoisotopic (exact) mass is 213 g/mol. The van der Waals surface area contributed by atoms with Crippen molar-refractivity contribution in [2.24, 2.45) is 0 Å². The van der Waals surface area contributed by atoms with Crippen LogP contribution in [0.2, 0.25) is 0 Å². The number of carbonyl (C=O) groups is 1. The fraction of sp³-hybridized carbons (Fsp3) is 0.556. The number of rotatable bonds is 7. The SMILES string of the molecule is COCCNC(=O)CNCc1ccon1. The van der Waals surface area contributed by atoms with Crippen LogP contribution in [0.25, 0.3) is 0 Å². The van der Waals surface area contributed by atoms with Gasteiger partial charge in [-0.3, -0.25) is 4.79 Å². The first kappa shape index (κ1) is 11.7. The van der Waals surface area contributed by atoms with E-state index in [1.165, 1.54) is 6.26 Å². The van der Waals surface area contributed by atoms with Crippen LogP contribution in [0, 0.1) is 0 Å². The molecule has 0 saturated heterocycles. The zero-order valence-corrected chi connectivity index (χ0v) is 8.66. The lowest BCUT2D eigenvalue weighted by atomic mass is 10.4.